The minimum absolute atomic E-state index is 0.0676. The van der Waals surface area contributed by atoms with Crippen LogP contribution in [-0.2, 0) is 4.79 Å². The first-order valence-corrected chi connectivity index (χ1v) is 7.43. The number of nitrogens with zero attached hydrogens (tertiary/aromatic N) is 1. The van der Waals surface area contributed by atoms with E-state index in [9.17, 15) is 4.79 Å². The second-order valence-corrected chi connectivity index (χ2v) is 5.72. The van der Waals surface area contributed by atoms with Crippen LogP contribution in [0.5, 0.6) is 0 Å². The van der Waals surface area contributed by atoms with Gasteiger partial charge in [0.15, 0.2) is 0 Å². The van der Waals surface area contributed by atoms with E-state index in [4.69, 9.17) is 0 Å². The highest BCUT2D eigenvalue weighted by Crippen LogP contribution is 2.29. The molecule has 0 aromatic heterocycles. The Kier molecular flexibility index (Phi) is 5.01. The van der Waals surface area contributed by atoms with Crippen LogP contribution in [0.3, 0.4) is 0 Å². The third-order valence-corrected chi connectivity index (χ3v) is 4.45. The molecule has 0 radical (unpaired) electrons. The summed E-state index contributed by atoms with van der Waals surface area (Å²) in [5, 5.41) is 6.25. The van der Waals surface area contributed by atoms with E-state index >= 15 is 0 Å². The highest BCUT2D eigenvalue weighted by atomic mass is 16.2. The quantitative estimate of drug-likeness (QED) is 0.789. The van der Waals surface area contributed by atoms with Crippen molar-refractivity contribution < 1.29 is 4.79 Å². The molecule has 2 fully saturated rings. The molecule has 2 aliphatic rings. The lowest BCUT2D eigenvalue weighted by atomic mass is 10.0. The molecule has 18 heavy (non-hydrogen) atoms. The molecule has 2 unspecified atom stereocenters. The van der Waals surface area contributed by atoms with E-state index in [1.165, 1.54) is 25.7 Å². The normalized spacial score (nSPS) is 31.3. The number of carbonyl (C=O) groups excluding carboxylic acids is 1. The molecule has 0 bridgehead atoms. The van der Waals surface area contributed by atoms with Gasteiger partial charge in [0.1, 0.15) is 0 Å². The average Bonchev–Trinajstić information content (AvgIpc) is 2.82. The zero-order chi connectivity index (χ0) is 13.0. The van der Waals surface area contributed by atoms with Gasteiger partial charge in [-0.3, -0.25) is 9.69 Å². The number of hydrogen-bond donors (Lipinski definition) is 2. The number of hydrogen-bond acceptors (Lipinski definition) is 3. The Balaban J connectivity index is 2.12. The number of nitrogens with one attached hydrogen (secondary N) is 2. The summed E-state index contributed by atoms with van der Waals surface area (Å²) in [6.07, 6.45) is 7.20. The summed E-state index contributed by atoms with van der Waals surface area (Å²) < 4.78 is 0. The van der Waals surface area contributed by atoms with Gasteiger partial charge in [0, 0.05) is 18.6 Å². The molecule has 1 aliphatic carbocycles. The summed E-state index contributed by atoms with van der Waals surface area (Å²) in [4.78, 5) is 14.8. The van der Waals surface area contributed by atoms with Gasteiger partial charge in [-0.05, 0) is 46.2 Å². The summed E-state index contributed by atoms with van der Waals surface area (Å²) >= 11 is 0. The van der Waals surface area contributed by atoms with Gasteiger partial charge >= 0.3 is 0 Å². The fourth-order valence-corrected chi connectivity index (χ4v) is 3.49. The predicted octanol–water partition coefficient (Wildman–Crippen LogP) is 1.12. The van der Waals surface area contributed by atoms with E-state index in [-0.39, 0.29) is 11.9 Å². The van der Waals surface area contributed by atoms with E-state index in [1.54, 1.807) is 0 Å². The molecule has 1 saturated carbocycles. The van der Waals surface area contributed by atoms with E-state index < -0.39 is 0 Å². The van der Waals surface area contributed by atoms with Gasteiger partial charge in [-0.2, -0.15) is 0 Å². The lowest BCUT2D eigenvalue weighted by molar-refractivity contribution is -0.127. The zero-order valence-electron chi connectivity index (χ0n) is 11.7. The van der Waals surface area contributed by atoms with Gasteiger partial charge in [-0.1, -0.05) is 12.8 Å². The summed E-state index contributed by atoms with van der Waals surface area (Å²) in [6.45, 7) is 4.03. The number of carbonyl (C=O) groups is 1. The molecule has 1 heterocycles. The maximum absolute atomic E-state index is 12.3. The minimum Gasteiger partial charge on any atom is -0.355 e. The van der Waals surface area contributed by atoms with Crippen LogP contribution in [0.4, 0.5) is 0 Å². The van der Waals surface area contributed by atoms with Crippen LogP contribution in [0.1, 0.15) is 45.4 Å². The van der Waals surface area contributed by atoms with Crippen molar-refractivity contribution >= 4 is 5.91 Å². The molecule has 1 aliphatic heterocycles. The van der Waals surface area contributed by atoms with Crippen molar-refractivity contribution in [1.82, 2.24) is 15.5 Å². The molecule has 104 valence electrons. The van der Waals surface area contributed by atoms with E-state index in [2.05, 4.69) is 22.5 Å². The smallest absolute Gasteiger partial charge is 0.237 e. The van der Waals surface area contributed by atoms with Gasteiger partial charge in [0.2, 0.25) is 5.91 Å². The summed E-state index contributed by atoms with van der Waals surface area (Å²) in [7, 11) is 1.96. The van der Waals surface area contributed by atoms with Gasteiger partial charge in [-0.15, -0.1) is 0 Å². The van der Waals surface area contributed by atoms with Crippen LogP contribution in [0.15, 0.2) is 0 Å². The molecule has 0 aromatic carbocycles. The van der Waals surface area contributed by atoms with E-state index in [0.717, 1.165) is 25.9 Å². The van der Waals surface area contributed by atoms with Gasteiger partial charge in [0.25, 0.3) is 0 Å². The first kappa shape index (κ1) is 13.8. The highest BCUT2D eigenvalue weighted by Gasteiger charge is 2.37. The van der Waals surface area contributed by atoms with Crippen molar-refractivity contribution in [2.75, 3.05) is 20.1 Å². The molecule has 0 spiro atoms. The second-order valence-electron chi connectivity index (χ2n) is 5.72. The van der Waals surface area contributed by atoms with E-state index in [1.807, 2.05) is 7.05 Å². The van der Waals surface area contributed by atoms with Gasteiger partial charge < -0.3 is 10.6 Å². The summed E-state index contributed by atoms with van der Waals surface area (Å²) in [6, 6.07) is 1.22. The van der Waals surface area contributed by atoms with Crippen LogP contribution in [-0.4, -0.2) is 49.1 Å². The van der Waals surface area contributed by atoms with Crippen molar-refractivity contribution in [3.8, 4) is 0 Å². The van der Waals surface area contributed by atoms with Crippen molar-refractivity contribution in [2.45, 2.75) is 63.6 Å². The standard InChI is InChI=1S/C14H27N3O/c1-11-7-10-16-14(18)13(8-9-15-2)17(11)12-5-3-4-6-12/h11-13,15H,3-10H2,1-2H3,(H,16,18). The Morgan fingerprint density at radius 3 is 2.72 bits per heavy atom. The molecule has 1 amide bonds. The molecule has 2 rings (SSSR count). The zero-order valence-corrected chi connectivity index (χ0v) is 11.7. The Bertz CT molecular complexity index is 276. The second kappa shape index (κ2) is 6.53. The van der Waals surface area contributed by atoms with Crippen LogP contribution in [0.2, 0.25) is 0 Å². The SMILES string of the molecule is CNCCC1C(=O)NCCC(C)N1C1CCCC1. The molecular weight excluding hydrogens is 226 g/mol. The molecule has 4 heteroatoms. The predicted molar refractivity (Wildman–Crippen MR) is 73.5 cm³/mol. The Labute approximate surface area is 110 Å². The topological polar surface area (TPSA) is 44.4 Å². The van der Waals surface area contributed by atoms with E-state index in [0.29, 0.717) is 12.1 Å². The molecule has 2 N–H and O–H groups in total. The lowest BCUT2D eigenvalue weighted by Gasteiger charge is -2.38. The van der Waals surface area contributed by atoms with Crippen LogP contribution in [0.25, 0.3) is 0 Å². The molecule has 2 atom stereocenters. The first-order valence-electron chi connectivity index (χ1n) is 7.43. The maximum Gasteiger partial charge on any atom is 0.237 e. The summed E-state index contributed by atoms with van der Waals surface area (Å²) in [5.74, 6) is 0.238. The molecule has 1 saturated heterocycles. The largest absolute Gasteiger partial charge is 0.355 e. The third-order valence-electron chi connectivity index (χ3n) is 4.45. The van der Waals surface area contributed by atoms with Gasteiger partial charge in [0.05, 0.1) is 6.04 Å². The van der Waals surface area contributed by atoms with Crippen LogP contribution in [0, 0.1) is 0 Å². The minimum atomic E-state index is 0.0676. The Hall–Kier alpha value is -0.610. The Morgan fingerprint density at radius 2 is 2.06 bits per heavy atom. The van der Waals surface area contributed by atoms with Crippen molar-refractivity contribution in [3.05, 3.63) is 0 Å². The van der Waals surface area contributed by atoms with Crippen molar-refractivity contribution in [2.24, 2.45) is 0 Å². The van der Waals surface area contributed by atoms with Gasteiger partial charge in [-0.25, -0.2) is 0 Å². The fourth-order valence-electron chi connectivity index (χ4n) is 3.49. The van der Waals surface area contributed by atoms with Crippen molar-refractivity contribution in [1.29, 1.82) is 0 Å². The monoisotopic (exact) mass is 253 g/mol. The molecular formula is C14H27N3O. The first-order chi connectivity index (χ1) is 8.74. The third kappa shape index (κ3) is 3.04. The highest BCUT2D eigenvalue weighted by molar-refractivity contribution is 5.82. The summed E-state index contributed by atoms with van der Waals surface area (Å²) in [5.41, 5.74) is 0. The lowest BCUT2D eigenvalue weighted by Crippen LogP contribution is -2.52. The maximum atomic E-state index is 12.3. The number of rotatable bonds is 4. The van der Waals surface area contributed by atoms with Crippen LogP contribution < -0.4 is 10.6 Å². The van der Waals surface area contributed by atoms with Crippen molar-refractivity contribution in [3.63, 3.8) is 0 Å². The Morgan fingerprint density at radius 1 is 1.33 bits per heavy atom. The number of amides is 1. The average molecular weight is 253 g/mol. The fraction of sp³-hybridized carbons (Fsp3) is 0.929. The molecule has 0 aromatic rings. The molecule has 4 nitrogen and oxygen atoms in total. The van der Waals surface area contributed by atoms with Crippen LogP contribution >= 0.6 is 0 Å².